The molecule has 0 fully saturated rings. The molecule has 1 aromatic carbocycles. The molecule has 18 heavy (non-hydrogen) atoms. The lowest BCUT2D eigenvalue weighted by molar-refractivity contribution is 0.0985. The average molecular weight is 245 g/mol. The van der Waals surface area contributed by atoms with E-state index in [1.54, 1.807) is 0 Å². The second kappa shape index (κ2) is 4.53. The second-order valence-corrected chi connectivity index (χ2v) is 5.53. The van der Waals surface area contributed by atoms with Crippen LogP contribution >= 0.6 is 0 Å². The van der Waals surface area contributed by atoms with Gasteiger partial charge in [-0.2, -0.15) is 0 Å². The van der Waals surface area contributed by atoms with Gasteiger partial charge in [-0.25, -0.2) is 4.98 Å². The number of carbonyl (C=O) groups excluding carboxylic acids is 1. The Hall–Kier alpha value is -1.68. The summed E-state index contributed by atoms with van der Waals surface area (Å²) in [6.07, 6.45) is 0.381. The third kappa shape index (κ3) is 2.43. The number of nitrogens with zero attached hydrogens (tertiary/aromatic N) is 1. The van der Waals surface area contributed by atoms with Gasteiger partial charge in [0, 0.05) is 17.4 Å². The standard InChI is InChI=1S/C14H19N3O/c1-14(2,3)13-16-10-5-4-9(8-11(10)17-13)12(18)6-7-15/h4-5,8H,6-7,15H2,1-3H3,(H,16,17). The van der Waals surface area contributed by atoms with Gasteiger partial charge in [0.25, 0.3) is 0 Å². The van der Waals surface area contributed by atoms with Crippen LogP contribution in [-0.2, 0) is 5.41 Å². The number of nitrogens with two attached hydrogens (primary N) is 1. The van der Waals surface area contributed by atoms with Gasteiger partial charge in [0.15, 0.2) is 5.78 Å². The third-order valence-electron chi connectivity index (χ3n) is 2.89. The van der Waals surface area contributed by atoms with Crippen molar-refractivity contribution in [2.75, 3.05) is 6.54 Å². The number of aromatic amines is 1. The predicted molar refractivity (Wildman–Crippen MR) is 72.8 cm³/mol. The minimum absolute atomic E-state index is 0.0273. The molecule has 96 valence electrons. The van der Waals surface area contributed by atoms with Crippen LogP contribution in [0.5, 0.6) is 0 Å². The van der Waals surface area contributed by atoms with Gasteiger partial charge in [0.2, 0.25) is 0 Å². The Morgan fingerprint density at radius 2 is 2.11 bits per heavy atom. The van der Waals surface area contributed by atoms with Gasteiger partial charge in [0.05, 0.1) is 11.0 Å². The molecular formula is C14H19N3O. The molecule has 0 unspecified atom stereocenters. The van der Waals surface area contributed by atoms with Crippen molar-refractivity contribution in [3.8, 4) is 0 Å². The van der Waals surface area contributed by atoms with Crippen LogP contribution in [0.25, 0.3) is 11.0 Å². The SMILES string of the molecule is CC(C)(C)c1nc2ccc(C(=O)CCN)cc2[nH]1. The molecule has 0 atom stereocenters. The van der Waals surface area contributed by atoms with Crippen LogP contribution in [0.3, 0.4) is 0 Å². The minimum atomic E-state index is -0.0273. The fraction of sp³-hybridized carbons (Fsp3) is 0.429. The maximum absolute atomic E-state index is 11.8. The van der Waals surface area contributed by atoms with E-state index < -0.39 is 0 Å². The van der Waals surface area contributed by atoms with Crippen molar-refractivity contribution in [2.45, 2.75) is 32.6 Å². The van der Waals surface area contributed by atoms with Crippen LogP contribution in [-0.4, -0.2) is 22.3 Å². The summed E-state index contributed by atoms with van der Waals surface area (Å²) in [6.45, 7) is 6.69. The monoisotopic (exact) mass is 245 g/mol. The molecule has 3 N–H and O–H groups in total. The zero-order chi connectivity index (χ0) is 13.3. The van der Waals surface area contributed by atoms with E-state index in [9.17, 15) is 4.79 Å². The quantitative estimate of drug-likeness (QED) is 0.815. The van der Waals surface area contributed by atoms with Crippen LogP contribution < -0.4 is 5.73 Å². The Morgan fingerprint density at radius 1 is 1.39 bits per heavy atom. The fourth-order valence-electron chi connectivity index (χ4n) is 1.81. The lowest BCUT2D eigenvalue weighted by atomic mass is 9.96. The summed E-state index contributed by atoms with van der Waals surface area (Å²) in [4.78, 5) is 19.6. The molecular weight excluding hydrogens is 226 g/mol. The molecule has 0 spiro atoms. The Kier molecular flexibility index (Phi) is 3.22. The number of H-pyrrole nitrogens is 1. The Morgan fingerprint density at radius 3 is 2.72 bits per heavy atom. The second-order valence-electron chi connectivity index (χ2n) is 5.53. The molecule has 4 heteroatoms. The number of Topliss-reactive ketones (excluding diaryl/α,β-unsaturated/α-hetero) is 1. The van der Waals surface area contributed by atoms with Crippen LogP contribution in [0.4, 0.5) is 0 Å². The fourth-order valence-corrected chi connectivity index (χ4v) is 1.81. The molecule has 2 rings (SSSR count). The van der Waals surface area contributed by atoms with E-state index in [0.717, 1.165) is 16.9 Å². The lowest BCUT2D eigenvalue weighted by Crippen LogP contribution is -2.12. The number of ketones is 1. The molecule has 2 aromatic rings. The maximum atomic E-state index is 11.8. The molecule has 0 saturated heterocycles. The van der Waals surface area contributed by atoms with Crippen molar-refractivity contribution in [2.24, 2.45) is 5.73 Å². The molecule has 0 radical (unpaired) electrons. The number of hydrogen-bond acceptors (Lipinski definition) is 3. The highest BCUT2D eigenvalue weighted by Gasteiger charge is 2.18. The topological polar surface area (TPSA) is 71.8 Å². The van der Waals surface area contributed by atoms with E-state index in [2.05, 4.69) is 30.7 Å². The molecule has 0 aliphatic heterocycles. The van der Waals surface area contributed by atoms with Crippen molar-refractivity contribution in [1.29, 1.82) is 0 Å². The number of imidazole rings is 1. The van der Waals surface area contributed by atoms with Gasteiger partial charge in [-0.3, -0.25) is 4.79 Å². The predicted octanol–water partition coefficient (Wildman–Crippen LogP) is 2.39. The first-order chi connectivity index (χ1) is 8.41. The van der Waals surface area contributed by atoms with Crippen LogP contribution in [0.15, 0.2) is 18.2 Å². The van der Waals surface area contributed by atoms with Gasteiger partial charge in [-0.15, -0.1) is 0 Å². The number of hydrogen-bond donors (Lipinski definition) is 2. The van der Waals surface area contributed by atoms with Gasteiger partial charge in [-0.05, 0) is 24.7 Å². The first-order valence-corrected chi connectivity index (χ1v) is 6.15. The zero-order valence-corrected chi connectivity index (χ0v) is 11.1. The van der Waals surface area contributed by atoms with Crippen molar-refractivity contribution < 1.29 is 4.79 Å². The number of fused-ring (bicyclic) bond motifs is 1. The summed E-state index contributed by atoms with van der Waals surface area (Å²) in [6, 6.07) is 5.55. The van der Waals surface area contributed by atoms with Crippen molar-refractivity contribution in [3.63, 3.8) is 0 Å². The highest BCUT2D eigenvalue weighted by molar-refractivity contribution is 5.99. The zero-order valence-electron chi connectivity index (χ0n) is 11.1. The molecule has 1 heterocycles. The summed E-state index contributed by atoms with van der Waals surface area (Å²) < 4.78 is 0. The van der Waals surface area contributed by atoms with E-state index in [1.807, 2.05) is 18.2 Å². The third-order valence-corrected chi connectivity index (χ3v) is 2.89. The molecule has 4 nitrogen and oxygen atoms in total. The number of aromatic nitrogens is 2. The Bertz CT molecular complexity index is 578. The summed E-state index contributed by atoms with van der Waals surface area (Å²) in [5.74, 6) is 1.01. The van der Waals surface area contributed by atoms with Gasteiger partial charge in [0.1, 0.15) is 5.82 Å². The van der Waals surface area contributed by atoms with Crippen molar-refractivity contribution >= 4 is 16.8 Å². The van der Waals surface area contributed by atoms with Gasteiger partial charge in [-0.1, -0.05) is 20.8 Å². The van der Waals surface area contributed by atoms with E-state index >= 15 is 0 Å². The molecule has 0 bridgehead atoms. The Labute approximate surface area is 107 Å². The van der Waals surface area contributed by atoms with Crippen molar-refractivity contribution in [3.05, 3.63) is 29.6 Å². The number of nitrogens with one attached hydrogen (secondary N) is 1. The maximum Gasteiger partial charge on any atom is 0.164 e. The van der Waals surface area contributed by atoms with E-state index in [0.29, 0.717) is 18.5 Å². The summed E-state index contributed by atoms with van der Waals surface area (Å²) in [5.41, 5.74) is 7.86. The van der Waals surface area contributed by atoms with Gasteiger partial charge >= 0.3 is 0 Å². The number of carbonyl (C=O) groups is 1. The first-order valence-electron chi connectivity index (χ1n) is 6.15. The molecule has 0 aliphatic rings. The minimum Gasteiger partial charge on any atom is -0.342 e. The summed E-state index contributed by atoms with van der Waals surface area (Å²) >= 11 is 0. The molecule has 1 aromatic heterocycles. The van der Waals surface area contributed by atoms with Crippen LogP contribution in [0, 0.1) is 0 Å². The smallest absolute Gasteiger partial charge is 0.164 e. The van der Waals surface area contributed by atoms with Crippen molar-refractivity contribution in [1.82, 2.24) is 9.97 Å². The molecule has 0 aliphatic carbocycles. The largest absolute Gasteiger partial charge is 0.342 e. The van der Waals surface area contributed by atoms with E-state index in [4.69, 9.17) is 5.73 Å². The lowest BCUT2D eigenvalue weighted by Gasteiger charge is -2.13. The number of benzene rings is 1. The highest BCUT2D eigenvalue weighted by Crippen LogP contribution is 2.23. The normalized spacial score (nSPS) is 12.0. The van der Waals surface area contributed by atoms with Gasteiger partial charge < -0.3 is 10.7 Å². The summed E-state index contributed by atoms with van der Waals surface area (Å²) in [7, 11) is 0. The first kappa shape index (κ1) is 12.8. The van der Waals surface area contributed by atoms with Crippen LogP contribution in [0.2, 0.25) is 0 Å². The molecule has 0 amide bonds. The molecule has 0 saturated carbocycles. The van der Waals surface area contributed by atoms with Crippen LogP contribution in [0.1, 0.15) is 43.4 Å². The Balaban J connectivity index is 2.43. The number of rotatable bonds is 3. The average Bonchev–Trinajstić information content (AvgIpc) is 2.71. The van der Waals surface area contributed by atoms with E-state index in [1.165, 1.54) is 0 Å². The van der Waals surface area contributed by atoms with E-state index in [-0.39, 0.29) is 11.2 Å². The summed E-state index contributed by atoms with van der Waals surface area (Å²) in [5, 5.41) is 0. The highest BCUT2D eigenvalue weighted by atomic mass is 16.1.